The molecule has 168 valence electrons. The molecule has 1 atom stereocenters. The zero-order chi connectivity index (χ0) is 23.0. The van der Waals surface area contributed by atoms with E-state index in [0.717, 1.165) is 16.5 Å². The van der Waals surface area contributed by atoms with E-state index in [0.29, 0.717) is 23.2 Å². The third-order valence-electron chi connectivity index (χ3n) is 4.96. The summed E-state index contributed by atoms with van der Waals surface area (Å²) >= 11 is 9.49. The smallest absolute Gasteiger partial charge is 0.261 e. The highest BCUT2D eigenvalue weighted by Gasteiger charge is 2.26. The highest BCUT2D eigenvalue weighted by Crippen LogP contribution is 2.29. The van der Waals surface area contributed by atoms with Crippen LogP contribution in [0.5, 0.6) is 5.75 Å². The summed E-state index contributed by atoms with van der Waals surface area (Å²) in [4.78, 5) is 27.2. The van der Waals surface area contributed by atoms with E-state index in [1.54, 1.807) is 19.1 Å². The third kappa shape index (κ3) is 7.54. The summed E-state index contributed by atoms with van der Waals surface area (Å²) in [6.45, 7) is 8.63. The maximum Gasteiger partial charge on any atom is 0.261 e. The van der Waals surface area contributed by atoms with Crippen LogP contribution in [-0.2, 0) is 16.1 Å². The van der Waals surface area contributed by atoms with Crippen molar-refractivity contribution in [3.05, 3.63) is 63.1 Å². The Bertz CT molecular complexity index is 887. The van der Waals surface area contributed by atoms with Crippen molar-refractivity contribution in [2.24, 2.45) is 0 Å². The van der Waals surface area contributed by atoms with Crippen LogP contribution in [-0.4, -0.2) is 35.9 Å². The second-order valence-corrected chi connectivity index (χ2v) is 9.04. The van der Waals surface area contributed by atoms with Crippen molar-refractivity contribution in [3.63, 3.8) is 0 Å². The number of hydrogen-bond acceptors (Lipinski definition) is 3. The van der Waals surface area contributed by atoms with Gasteiger partial charge in [0.05, 0.1) is 4.47 Å². The molecule has 0 aliphatic heterocycles. The minimum Gasteiger partial charge on any atom is -0.483 e. The van der Waals surface area contributed by atoms with Gasteiger partial charge in [0.25, 0.3) is 5.91 Å². The van der Waals surface area contributed by atoms with Crippen LogP contribution in [0.25, 0.3) is 0 Å². The van der Waals surface area contributed by atoms with Crippen LogP contribution >= 0.6 is 27.5 Å². The molecule has 0 saturated heterocycles. The van der Waals surface area contributed by atoms with E-state index >= 15 is 0 Å². The lowest BCUT2D eigenvalue weighted by Crippen LogP contribution is -2.49. The van der Waals surface area contributed by atoms with E-state index in [1.807, 2.05) is 37.3 Å². The van der Waals surface area contributed by atoms with Gasteiger partial charge in [0.1, 0.15) is 11.8 Å². The summed E-state index contributed by atoms with van der Waals surface area (Å²) in [6, 6.07) is 12.4. The summed E-state index contributed by atoms with van der Waals surface area (Å²) < 4.78 is 6.59. The van der Waals surface area contributed by atoms with Gasteiger partial charge in [-0.2, -0.15) is 0 Å². The second kappa shape index (κ2) is 12.1. The SMILES string of the molecule is CCCNC(=O)C(C)N(Cc1ccc(Cl)cc1)C(=O)COc1ccc(C(C)C)cc1Br. The molecule has 0 bridgehead atoms. The number of benzene rings is 2. The number of halogens is 2. The summed E-state index contributed by atoms with van der Waals surface area (Å²) in [7, 11) is 0. The molecule has 31 heavy (non-hydrogen) atoms. The molecule has 1 unspecified atom stereocenters. The van der Waals surface area contributed by atoms with Crippen molar-refractivity contribution in [3.8, 4) is 5.75 Å². The first-order chi connectivity index (χ1) is 14.7. The number of carbonyl (C=O) groups excluding carboxylic acids is 2. The highest BCUT2D eigenvalue weighted by molar-refractivity contribution is 9.10. The molecule has 2 aromatic rings. The Labute approximate surface area is 198 Å². The van der Waals surface area contributed by atoms with Gasteiger partial charge in [-0.25, -0.2) is 0 Å². The molecule has 0 fully saturated rings. The van der Waals surface area contributed by atoms with Gasteiger partial charge in [-0.15, -0.1) is 0 Å². The fourth-order valence-electron chi connectivity index (χ4n) is 2.98. The zero-order valence-corrected chi connectivity index (χ0v) is 20.8. The summed E-state index contributed by atoms with van der Waals surface area (Å²) in [5.74, 6) is 0.525. The van der Waals surface area contributed by atoms with Gasteiger partial charge in [0.2, 0.25) is 5.91 Å². The van der Waals surface area contributed by atoms with E-state index in [-0.39, 0.29) is 25.0 Å². The van der Waals surface area contributed by atoms with E-state index in [9.17, 15) is 9.59 Å². The number of rotatable bonds is 10. The lowest BCUT2D eigenvalue weighted by atomic mass is 10.0. The maximum absolute atomic E-state index is 13.1. The monoisotopic (exact) mass is 508 g/mol. The van der Waals surface area contributed by atoms with Crippen molar-refractivity contribution in [2.75, 3.05) is 13.2 Å². The highest BCUT2D eigenvalue weighted by atomic mass is 79.9. The van der Waals surface area contributed by atoms with Crippen LogP contribution < -0.4 is 10.1 Å². The van der Waals surface area contributed by atoms with Gasteiger partial charge in [0.15, 0.2) is 6.61 Å². The van der Waals surface area contributed by atoms with Crippen LogP contribution in [0.3, 0.4) is 0 Å². The minimum absolute atomic E-state index is 0.168. The average molecular weight is 510 g/mol. The quantitative estimate of drug-likeness (QED) is 0.457. The van der Waals surface area contributed by atoms with Gasteiger partial charge in [-0.05, 0) is 70.6 Å². The number of hydrogen-bond donors (Lipinski definition) is 1. The minimum atomic E-state index is -0.634. The zero-order valence-electron chi connectivity index (χ0n) is 18.5. The normalized spacial score (nSPS) is 11.8. The van der Waals surface area contributed by atoms with Crippen molar-refractivity contribution in [2.45, 2.75) is 52.6 Å². The van der Waals surface area contributed by atoms with E-state index in [2.05, 4.69) is 35.1 Å². The van der Waals surface area contributed by atoms with Gasteiger partial charge in [-0.1, -0.05) is 50.6 Å². The van der Waals surface area contributed by atoms with Crippen LogP contribution in [0.15, 0.2) is 46.9 Å². The maximum atomic E-state index is 13.1. The molecule has 0 aliphatic carbocycles. The molecule has 5 nitrogen and oxygen atoms in total. The predicted molar refractivity (Wildman–Crippen MR) is 128 cm³/mol. The summed E-state index contributed by atoms with van der Waals surface area (Å²) in [6.07, 6.45) is 0.826. The average Bonchev–Trinajstić information content (AvgIpc) is 2.75. The Balaban J connectivity index is 2.14. The van der Waals surface area contributed by atoms with Crippen LogP contribution in [0, 0.1) is 0 Å². The molecule has 0 aromatic heterocycles. The molecule has 1 N–H and O–H groups in total. The summed E-state index contributed by atoms with van der Waals surface area (Å²) in [5.41, 5.74) is 2.06. The number of carbonyl (C=O) groups is 2. The fourth-order valence-corrected chi connectivity index (χ4v) is 3.62. The van der Waals surface area contributed by atoms with Crippen molar-refractivity contribution in [1.29, 1.82) is 0 Å². The van der Waals surface area contributed by atoms with E-state index in [1.165, 1.54) is 10.5 Å². The molecule has 0 heterocycles. The van der Waals surface area contributed by atoms with Crippen molar-refractivity contribution >= 4 is 39.3 Å². The molecule has 7 heteroatoms. The fraction of sp³-hybridized carbons (Fsp3) is 0.417. The van der Waals surface area contributed by atoms with Gasteiger partial charge < -0.3 is 15.0 Å². The number of ether oxygens (including phenoxy) is 1. The van der Waals surface area contributed by atoms with Crippen LogP contribution in [0.4, 0.5) is 0 Å². The summed E-state index contributed by atoms with van der Waals surface area (Å²) in [5, 5.41) is 3.48. The molecule has 0 saturated carbocycles. The predicted octanol–water partition coefficient (Wildman–Crippen LogP) is 5.55. The Morgan fingerprint density at radius 1 is 1.13 bits per heavy atom. The lowest BCUT2D eigenvalue weighted by molar-refractivity contribution is -0.142. The first-order valence-electron chi connectivity index (χ1n) is 10.5. The third-order valence-corrected chi connectivity index (χ3v) is 5.83. The number of nitrogens with zero attached hydrogens (tertiary/aromatic N) is 1. The van der Waals surface area contributed by atoms with Gasteiger partial charge in [0, 0.05) is 18.1 Å². The van der Waals surface area contributed by atoms with Crippen LogP contribution in [0.2, 0.25) is 5.02 Å². The van der Waals surface area contributed by atoms with Crippen molar-refractivity contribution < 1.29 is 14.3 Å². The molecule has 0 aliphatic rings. The van der Waals surface area contributed by atoms with E-state index < -0.39 is 6.04 Å². The Morgan fingerprint density at radius 2 is 1.81 bits per heavy atom. The molecular formula is C24H30BrClN2O3. The molecular weight excluding hydrogens is 480 g/mol. The number of nitrogens with one attached hydrogen (secondary N) is 1. The second-order valence-electron chi connectivity index (χ2n) is 7.75. The molecule has 0 spiro atoms. The topological polar surface area (TPSA) is 58.6 Å². The van der Waals surface area contributed by atoms with Gasteiger partial charge >= 0.3 is 0 Å². The number of amides is 2. The first-order valence-corrected chi connectivity index (χ1v) is 11.6. The molecule has 0 radical (unpaired) electrons. The standard InChI is InChI=1S/C24H30BrClN2O3/c1-5-12-27-24(30)17(4)28(14-18-6-9-20(26)10-7-18)23(29)15-31-22-11-8-19(16(2)3)13-21(22)25/h6-11,13,16-17H,5,12,14-15H2,1-4H3,(H,27,30). The Morgan fingerprint density at radius 3 is 2.39 bits per heavy atom. The van der Waals surface area contributed by atoms with E-state index in [4.69, 9.17) is 16.3 Å². The molecule has 2 amide bonds. The van der Waals surface area contributed by atoms with Crippen molar-refractivity contribution in [1.82, 2.24) is 10.2 Å². The van der Waals surface area contributed by atoms with Crippen LogP contribution in [0.1, 0.15) is 51.2 Å². The van der Waals surface area contributed by atoms with Gasteiger partial charge in [-0.3, -0.25) is 9.59 Å². The molecule has 2 aromatic carbocycles. The lowest BCUT2D eigenvalue weighted by Gasteiger charge is -2.29. The Kier molecular flexibility index (Phi) is 9.85. The first kappa shape index (κ1) is 25.2. The molecule has 2 rings (SSSR count). The largest absolute Gasteiger partial charge is 0.483 e. The Hall–Kier alpha value is -2.05.